The summed E-state index contributed by atoms with van der Waals surface area (Å²) in [4.78, 5) is 42.0. The molecule has 9 nitrogen and oxygen atoms in total. The van der Waals surface area contributed by atoms with Crippen LogP contribution < -0.4 is 10.1 Å². The molecular formula is C26H36F3N3O6. The lowest BCUT2D eigenvalue weighted by Gasteiger charge is -2.38. The third-order valence-corrected chi connectivity index (χ3v) is 6.94. The summed E-state index contributed by atoms with van der Waals surface area (Å²) in [6.45, 7) is 5.60. The van der Waals surface area contributed by atoms with Crippen molar-refractivity contribution in [2.45, 2.75) is 51.4 Å². The van der Waals surface area contributed by atoms with Gasteiger partial charge in [-0.05, 0) is 38.0 Å². The lowest BCUT2D eigenvalue weighted by Crippen LogP contribution is -2.50. The first-order valence-corrected chi connectivity index (χ1v) is 12.7. The van der Waals surface area contributed by atoms with E-state index in [1.54, 1.807) is 14.2 Å². The van der Waals surface area contributed by atoms with Crippen LogP contribution in [-0.2, 0) is 19.1 Å². The molecule has 2 heterocycles. The molecule has 0 aromatic heterocycles. The number of fused-ring (bicyclic) bond motifs is 1. The van der Waals surface area contributed by atoms with Gasteiger partial charge in [-0.25, -0.2) is 0 Å². The van der Waals surface area contributed by atoms with E-state index in [0.717, 1.165) is 0 Å². The summed E-state index contributed by atoms with van der Waals surface area (Å²) < 4.78 is 54.9. The van der Waals surface area contributed by atoms with Crippen molar-refractivity contribution >= 4 is 23.4 Å². The molecule has 0 radical (unpaired) electrons. The van der Waals surface area contributed by atoms with Crippen LogP contribution in [0.3, 0.4) is 0 Å². The van der Waals surface area contributed by atoms with Crippen molar-refractivity contribution < 1.29 is 41.8 Å². The molecule has 0 aliphatic carbocycles. The van der Waals surface area contributed by atoms with Crippen LogP contribution in [0.4, 0.5) is 18.9 Å². The fourth-order valence-corrected chi connectivity index (χ4v) is 4.73. The number of benzene rings is 1. The molecule has 2 aliphatic rings. The normalized spacial score (nSPS) is 24.1. The number of alkyl halides is 3. The summed E-state index contributed by atoms with van der Waals surface area (Å²) in [6.07, 6.45) is -5.40. The number of carbonyl (C=O) groups is 3. The van der Waals surface area contributed by atoms with E-state index >= 15 is 0 Å². The van der Waals surface area contributed by atoms with Crippen molar-refractivity contribution in [1.82, 2.24) is 9.80 Å². The van der Waals surface area contributed by atoms with Gasteiger partial charge >= 0.3 is 6.18 Å². The molecule has 3 rings (SSSR count). The number of halogens is 3. The molecule has 1 fully saturated rings. The molecule has 1 N–H and O–H groups in total. The standard InChI is InChI=1S/C26H36F3N3O6/c1-16-13-32(24(34)18-7-9-37-10-8-18)17(2)15-38-21-6-5-19(30-23(33)12-26(27,28)29)11-20(21)25(35)31(3)14-22(16)36-4/h5-6,11,16-18,22H,7-10,12-15H2,1-4H3,(H,30,33)/t16-,17-,22+/m1/s1. The van der Waals surface area contributed by atoms with Gasteiger partial charge in [-0.15, -0.1) is 0 Å². The molecule has 3 amide bonds. The first kappa shape index (κ1) is 29.7. The molecule has 0 saturated carbocycles. The Hall–Kier alpha value is -2.86. The Morgan fingerprint density at radius 3 is 2.47 bits per heavy atom. The number of hydrogen-bond donors (Lipinski definition) is 1. The van der Waals surface area contributed by atoms with Gasteiger partial charge in [-0.3, -0.25) is 14.4 Å². The first-order valence-electron chi connectivity index (χ1n) is 12.7. The monoisotopic (exact) mass is 543 g/mol. The number of likely N-dealkylation sites (N-methyl/N-ethyl adjacent to an activating group) is 1. The zero-order valence-corrected chi connectivity index (χ0v) is 22.2. The molecule has 0 spiro atoms. The smallest absolute Gasteiger partial charge is 0.397 e. The van der Waals surface area contributed by atoms with Gasteiger partial charge in [0.25, 0.3) is 5.91 Å². The van der Waals surface area contributed by atoms with Crippen molar-refractivity contribution in [2.75, 3.05) is 52.4 Å². The first-order chi connectivity index (χ1) is 17.9. The summed E-state index contributed by atoms with van der Waals surface area (Å²) >= 11 is 0. The van der Waals surface area contributed by atoms with Gasteiger partial charge in [0.1, 0.15) is 18.8 Å². The van der Waals surface area contributed by atoms with Gasteiger partial charge in [-0.2, -0.15) is 13.2 Å². The second-order valence-corrected chi connectivity index (χ2v) is 10.0. The summed E-state index contributed by atoms with van der Waals surface area (Å²) in [5.74, 6) is -1.72. The Morgan fingerprint density at radius 1 is 1.16 bits per heavy atom. The fraction of sp³-hybridized carbons (Fsp3) is 0.654. The second kappa shape index (κ2) is 12.8. The zero-order valence-electron chi connectivity index (χ0n) is 22.2. The van der Waals surface area contributed by atoms with E-state index in [1.165, 1.54) is 23.1 Å². The molecule has 12 heteroatoms. The average Bonchev–Trinajstić information content (AvgIpc) is 2.87. The molecular weight excluding hydrogens is 507 g/mol. The van der Waals surface area contributed by atoms with Gasteiger partial charge in [0.05, 0.1) is 17.7 Å². The van der Waals surface area contributed by atoms with Crippen LogP contribution in [0, 0.1) is 11.8 Å². The van der Waals surface area contributed by atoms with E-state index in [4.69, 9.17) is 14.2 Å². The van der Waals surface area contributed by atoms with Crippen LogP contribution in [0.2, 0.25) is 0 Å². The third-order valence-electron chi connectivity index (χ3n) is 6.94. The van der Waals surface area contributed by atoms with Crippen molar-refractivity contribution in [1.29, 1.82) is 0 Å². The van der Waals surface area contributed by atoms with E-state index in [0.29, 0.717) is 32.6 Å². The number of nitrogens with one attached hydrogen (secondary N) is 1. The molecule has 0 unspecified atom stereocenters. The molecule has 1 aromatic carbocycles. The number of nitrogens with zero attached hydrogens (tertiary/aromatic N) is 2. The Morgan fingerprint density at radius 2 is 1.84 bits per heavy atom. The molecule has 1 aromatic rings. The number of rotatable bonds is 4. The topological polar surface area (TPSA) is 97.4 Å². The summed E-state index contributed by atoms with van der Waals surface area (Å²) in [5, 5.41) is 2.19. The lowest BCUT2D eigenvalue weighted by molar-refractivity contribution is -0.150. The molecule has 3 atom stereocenters. The van der Waals surface area contributed by atoms with Gasteiger partial charge in [0.15, 0.2) is 0 Å². The SMILES string of the molecule is CO[C@H]1CN(C)C(=O)c2cc(NC(=O)CC(F)(F)F)ccc2OC[C@@H](C)N(C(=O)C2CCOCC2)C[C@H]1C. The molecule has 2 aliphatic heterocycles. The van der Waals surface area contributed by atoms with E-state index in [-0.39, 0.29) is 60.0 Å². The van der Waals surface area contributed by atoms with Crippen LogP contribution in [0.5, 0.6) is 5.75 Å². The highest BCUT2D eigenvalue weighted by Gasteiger charge is 2.34. The minimum absolute atomic E-state index is 0.0236. The molecule has 1 saturated heterocycles. The third kappa shape index (κ3) is 7.83. The minimum atomic E-state index is -4.66. The van der Waals surface area contributed by atoms with Crippen molar-refractivity contribution in [3.63, 3.8) is 0 Å². The summed E-state index contributed by atoms with van der Waals surface area (Å²) in [5.41, 5.74) is 0.117. The second-order valence-electron chi connectivity index (χ2n) is 10.0. The van der Waals surface area contributed by atoms with Crippen molar-refractivity contribution in [2.24, 2.45) is 11.8 Å². The lowest BCUT2D eigenvalue weighted by atomic mass is 9.95. The van der Waals surface area contributed by atoms with Crippen LogP contribution in [0.15, 0.2) is 18.2 Å². The Bertz CT molecular complexity index is 999. The molecule has 212 valence electrons. The highest BCUT2D eigenvalue weighted by molar-refractivity contribution is 5.99. The summed E-state index contributed by atoms with van der Waals surface area (Å²) in [7, 11) is 3.13. The predicted molar refractivity (Wildman–Crippen MR) is 133 cm³/mol. The fourth-order valence-electron chi connectivity index (χ4n) is 4.73. The number of methoxy groups -OCH3 is 1. The van der Waals surface area contributed by atoms with E-state index in [2.05, 4.69) is 5.32 Å². The number of carbonyl (C=O) groups excluding carboxylic acids is 3. The van der Waals surface area contributed by atoms with Crippen LogP contribution in [-0.4, -0.2) is 92.9 Å². The van der Waals surface area contributed by atoms with Gasteiger partial charge in [0, 0.05) is 58.0 Å². The van der Waals surface area contributed by atoms with Crippen molar-refractivity contribution in [3.8, 4) is 5.75 Å². The zero-order chi connectivity index (χ0) is 28.0. The minimum Gasteiger partial charge on any atom is -0.491 e. The van der Waals surface area contributed by atoms with Gasteiger partial charge < -0.3 is 29.3 Å². The maximum absolute atomic E-state index is 13.5. The number of ether oxygens (including phenoxy) is 3. The Balaban J connectivity index is 1.91. The quantitative estimate of drug-likeness (QED) is 0.626. The average molecular weight is 544 g/mol. The van der Waals surface area contributed by atoms with E-state index in [1.807, 2.05) is 18.7 Å². The van der Waals surface area contributed by atoms with Gasteiger partial charge in [-0.1, -0.05) is 6.92 Å². The number of anilines is 1. The summed E-state index contributed by atoms with van der Waals surface area (Å²) in [6, 6.07) is 3.78. The highest BCUT2D eigenvalue weighted by atomic mass is 19.4. The predicted octanol–water partition coefficient (Wildman–Crippen LogP) is 3.34. The van der Waals surface area contributed by atoms with Crippen molar-refractivity contribution in [3.05, 3.63) is 23.8 Å². The largest absolute Gasteiger partial charge is 0.491 e. The van der Waals surface area contributed by atoms with E-state index < -0.39 is 24.4 Å². The van der Waals surface area contributed by atoms with Crippen LogP contribution >= 0.6 is 0 Å². The highest BCUT2D eigenvalue weighted by Crippen LogP contribution is 2.28. The number of hydrogen-bond acceptors (Lipinski definition) is 6. The number of amides is 3. The molecule has 0 bridgehead atoms. The van der Waals surface area contributed by atoms with E-state index in [9.17, 15) is 27.6 Å². The Labute approximate surface area is 220 Å². The maximum Gasteiger partial charge on any atom is 0.397 e. The Kier molecular flexibility index (Phi) is 10.00. The van der Waals surface area contributed by atoms with Gasteiger partial charge in [0.2, 0.25) is 11.8 Å². The van der Waals surface area contributed by atoms with Crippen LogP contribution in [0.1, 0.15) is 43.5 Å². The maximum atomic E-state index is 13.5. The van der Waals surface area contributed by atoms with Crippen LogP contribution in [0.25, 0.3) is 0 Å². The molecule has 38 heavy (non-hydrogen) atoms.